The molecule has 4 N–H and O–H groups in total. The zero-order valence-electron chi connectivity index (χ0n) is 25.6. The molecule has 0 bridgehead atoms. The van der Waals surface area contributed by atoms with Gasteiger partial charge in [0.1, 0.15) is 31.0 Å². The summed E-state index contributed by atoms with van der Waals surface area (Å²) in [6.07, 6.45) is -9.52. The molecule has 252 valence electrons. The molecule has 0 unspecified atom stereocenters. The molecule has 1 fully saturated rings. The first kappa shape index (κ1) is 34.6. The topological polar surface area (TPSA) is 179 Å². The minimum absolute atomic E-state index is 0.0237. The highest BCUT2D eigenvalue weighted by Gasteiger charge is 2.52. The van der Waals surface area contributed by atoms with E-state index in [2.05, 4.69) is 0 Å². The van der Waals surface area contributed by atoms with Gasteiger partial charge in [-0.05, 0) is 48.6 Å². The quantitative estimate of drug-likeness (QED) is 0.0979. The van der Waals surface area contributed by atoms with Crippen molar-refractivity contribution in [2.24, 2.45) is 7.05 Å². The molecule has 5 rings (SSSR count). The first-order valence-corrected chi connectivity index (χ1v) is 15.3. The van der Waals surface area contributed by atoms with Gasteiger partial charge in [0, 0.05) is 13.2 Å². The van der Waals surface area contributed by atoms with Crippen LogP contribution in [0.4, 0.5) is 0 Å². The average molecular weight is 679 g/mol. The molecule has 3 aromatic carbocycles. The third-order valence-electron chi connectivity index (χ3n) is 7.75. The Labute approximate surface area is 280 Å². The first-order chi connectivity index (χ1) is 23.1. The molecule has 0 amide bonds. The summed E-state index contributed by atoms with van der Waals surface area (Å²) in [7, 11) is 1.55. The highest BCUT2D eigenvalue weighted by atomic mass is 32.1. The maximum Gasteiger partial charge on any atom is 0.338 e. The predicted octanol–water partition coefficient (Wildman–Crippen LogP) is 2.51. The Morgan fingerprint density at radius 1 is 0.792 bits per heavy atom. The molecule has 48 heavy (non-hydrogen) atoms. The number of hydrogen-bond donors (Lipinski definition) is 4. The number of carbonyl (C=O) groups excluding carboxylic acids is 3. The second-order valence-electron chi connectivity index (χ2n) is 11.0. The van der Waals surface area contributed by atoms with E-state index in [1.165, 1.54) is 39.6 Å². The molecule has 13 nitrogen and oxygen atoms in total. The summed E-state index contributed by atoms with van der Waals surface area (Å²) in [5.41, 5.74) is 0.525. The van der Waals surface area contributed by atoms with Gasteiger partial charge in [-0.25, -0.2) is 14.4 Å². The van der Waals surface area contributed by atoms with Gasteiger partial charge in [-0.1, -0.05) is 54.6 Å². The van der Waals surface area contributed by atoms with Crippen LogP contribution in [0.1, 0.15) is 49.1 Å². The van der Waals surface area contributed by atoms with Crippen molar-refractivity contribution in [2.75, 3.05) is 13.2 Å². The molecule has 0 aliphatic carbocycles. The van der Waals surface area contributed by atoms with Gasteiger partial charge in [0.2, 0.25) is 0 Å². The van der Waals surface area contributed by atoms with Crippen LogP contribution in [0.3, 0.4) is 0 Å². The van der Waals surface area contributed by atoms with Crippen molar-refractivity contribution in [3.05, 3.63) is 124 Å². The van der Waals surface area contributed by atoms with Crippen LogP contribution < -0.4 is 0 Å². The highest BCUT2D eigenvalue weighted by Crippen LogP contribution is 2.38. The number of aliphatic hydroxyl groups excluding tert-OH is 4. The number of esters is 3. The predicted molar refractivity (Wildman–Crippen MR) is 170 cm³/mol. The van der Waals surface area contributed by atoms with Crippen LogP contribution in [-0.2, 0) is 26.0 Å². The van der Waals surface area contributed by atoms with E-state index < -0.39 is 74.0 Å². The molecular formula is C34H34N2O11S. The Balaban J connectivity index is 1.58. The average Bonchev–Trinajstić information content (AvgIpc) is 3.61. The zero-order valence-corrected chi connectivity index (χ0v) is 26.5. The molecule has 1 aliphatic heterocycles. The minimum Gasteiger partial charge on any atom is -0.459 e. The van der Waals surface area contributed by atoms with Crippen LogP contribution in [0.15, 0.2) is 97.2 Å². The fourth-order valence-corrected chi connectivity index (χ4v) is 5.49. The summed E-state index contributed by atoms with van der Waals surface area (Å²) in [6.45, 7) is -1.31. The van der Waals surface area contributed by atoms with Crippen LogP contribution in [-0.4, -0.2) is 91.2 Å². The highest BCUT2D eigenvalue weighted by molar-refractivity contribution is 7.71. The van der Waals surface area contributed by atoms with Gasteiger partial charge in [-0.2, -0.15) is 0 Å². The van der Waals surface area contributed by atoms with Gasteiger partial charge in [-0.15, -0.1) is 0 Å². The minimum atomic E-state index is -1.86. The number of rotatable bonds is 12. The number of hydrogen-bond acceptors (Lipinski definition) is 12. The summed E-state index contributed by atoms with van der Waals surface area (Å²) in [4.78, 5) is 39.8. The fourth-order valence-electron chi connectivity index (χ4n) is 5.23. The summed E-state index contributed by atoms with van der Waals surface area (Å²) in [6, 6.07) is 24.2. The van der Waals surface area contributed by atoms with Crippen molar-refractivity contribution in [1.29, 1.82) is 0 Å². The number of carbonyl (C=O) groups is 3. The normalized spacial score (nSPS) is 20.8. The standard InChI is InChI=1S/C34H34N2O11S/c1-35-17-23(26(39)27(40)24(38)18-37)36(34(35)48)30-29(47-33(43)22-15-9-4-10-16-22)28(46-32(42)21-13-7-3-8-14-21)25(45-30)19-44-31(41)20-11-5-2-6-12-20/h2-17,24-30,37-40H,18-19H2,1H3/t24-,25-,26-,27-,28-,29-,30-/m1/s1. The molecule has 0 radical (unpaired) electrons. The number of aryl methyl sites for hydroxylation is 1. The lowest BCUT2D eigenvalue weighted by atomic mass is 10.1. The van der Waals surface area contributed by atoms with E-state index in [1.54, 1.807) is 73.8 Å². The number of ether oxygens (including phenoxy) is 4. The number of aliphatic hydroxyl groups is 4. The van der Waals surface area contributed by atoms with Crippen molar-refractivity contribution in [3.63, 3.8) is 0 Å². The lowest BCUT2D eigenvalue weighted by Gasteiger charge is -2.27. The maximum atomic E-state index is 13.5. The Kier molecular flexibility index (Phi) is 11.2. The van der Waals surface area contributed by atoms with Gasteiger partial charge in [0.05, 0.1) is 29.0 Å². The Morgan fingerprint density at radius 2 is 1.27 bits per heavy atom. The van der Waals surface area contributed by atoms with E-state index in [-0.39, 0.29) is 27.2 Å². The van der Waals surface area contributed by atoms with E-state index in [0.717, 1.165) is 0 Å². The summed E-state index contributed by atoms with van der Waals surface area (Å²) in [5.74, 6) is -2.29. The maximum absolute atomic E-state index is 13.5. The molecule has 1 aromatic heterocycles. The first-order valence-electron chi connectivity index (χ1n) is 14.9. The van der Waals surface area contributed by atoms with Gasteiger partial charge >= 0.3 is 17.9 Å². The van der Waals surface area contributed by atoms with Gasteiger partial charge in [-0.3, -0.25) is 4.57 Å². The second kappa shape index (κ2) is 15.5. The fraction of sp³-hybridized carbons (Fsp3) is 0.294. The van der Waals surface area contributed by atoms with Crippen molar-refractivity contribution in [1.82, 2.24) is 9.13 Å². The molecular weight excluding hydrogens is 644 g/mol. The van der Waals surface area contributed by atoms with Crippen molar-refractivity contribution >= 4 is 30.1 Å². The molecule has 1 saturated heterocycles. The lowest BCUT2D eigenvalue weighted by Crippen LogP contribution is -2.42. The van der Waals surface area contributed by atoms with Crippen LogP contribution in [0.25, 0.3) is 0 Å². The zero-order chi connectivity index (χ0) is 34.4. The molecule has 2 heterocycles. The van der Waals surface area contributed by atoms with Crippen molar-refractivity contribution < 1.29 is 53.8 Å². The lowest BCUT2D eigenvalue weighted by molar-refractivity contribution is -0.0898. The summed E-state index contributed by atoms with van der Waals surface area (Å²) in [5, 5.41) is 41.2. The van der Waals surface area contributed by atoms with E-state index in [0.29, 0.717) is 0 Å². The van der Waals surface area contributed by atoms with Gasteiger partial charge < -0.3 is 43.9 Å². The van der Waals surface area contributed by atoms with E-state index in [9.17, 15) is 34.8 Å². The molecule has 14 heteroatoms. The summed E-state index contributed by atoms with van der Waals surface area (Å²) >= 11 is 5.63. The molecule has 4 aromatic rings. The second-order valence-corrected chi connectivity index (χ2v) is 11.4. The Morgan fingerprint density at radius 3 is 1.77 bits per heavy atom. The number of aromatic nitrogens is 2. The SMILES string of the molecule is Cn1cc([C@@H](O)[C@H](O)[C@H](O)CO)n([C@@H]2O[C@H](COC(=O)c3ccccc3)[C@@H](OC(=O)c3ccccc3)[C@H]2OC(=O)c2ccccc2)c1=S. The van der Waals surface area contributed by atoms with Crippen LogP contribution in [0.5, 0.6) is 0 Å². The number of benzene rings is 3. The van der Waals surface area contributed by atoms with E-state index in [4.69, 9.17) is 31.2 Å². The number of imidazole rings is 1. The van der Waals surface area contributed by atoms with E-state index >= 15 is 0 Å². The summed E-state index contributed by atoms with van der Waals surface area (Å²) < 4.78 is 26.5. The van der Waals surface area contributed by atoms with Crippen LogP contribution in [0.2, 0.25) is 0 Å². The Hall–Kier alpha value is -4.70. The van der Waals surface area contributed by atoms with Crippen molar-refractivity contribution in [3.8, 4) is 0 Å². The largest absolute Gasteiger partial charge is 0.459 e. The molecule has 7 atom stereocenters. The number of nitrogens with zero attached hydrogens (tertiary/aromatic N) is 2. The Bertz CT molecular complexity index is 1760. The third-order valence-corrected chi connectivity index (χ3v) is 8.24. The van der Waals surface area contributed by atoms with E-state index in [1.807, 2.05) is 0 Å². The molecule has 1 aliphatic rings. The molecule has 0 saturated carbocycles. The third kappa shape index (κ3) is 7.54. The van der Waals surface area contributed by atoms with Crippen LogP contribution >= 0.6 is 12.2 Å². The van der Waals surface area contributed by atoms with Crippen LogP contribution in [0, 0.1) is 4.77 Å². The smallest absolute Gasteiger partial charge is 0.338 e. The van der Waals surface area contributed by atoms with Gasteiger partial charge in [0.15, 0.2) is 23.2 Å². The molecule has 0 spiro atoms. The van der Waals surface area contributed by atoms with Gasteiger partial charge in [0.25, 0.3) is 0 Å². The monoisotopic (exact) mass is 678 g/mol. The van der Waals surface area contributed by atoms with Crippen molar-refractivity contribution in [2.45, 2.75) is 42.9 Å².